The number of anilines is 1. The molecule has 0 unspecified atom stereocenters. The molecule has 0 saturated heterocycles. The average molecular weight is 548 g/mol. The van der Waals surface area contributed by atoms with Crippen molar-refractivity contribution < 1.29 is 4.79 Å². The molecule has 0 spiro atoms. The molecule has 10 heteroatoms. The van der Waals surface area contributed by atoms with E-state index in [4.69, 9.17) is 35.4 Å². The predicted octanol–water partition coefficient (Wildman–Crippen LogP) is 7.22. The monoisotopic (exact) mass is 547 g/mol. The molecule has 0 bridgehead atoms. The first-order valence-electron chi connectivity index (χ1n) is 10.8. The maximum absolute atomic E-state index is 12.8. The van der Waals surface area contributed by atoms with Gasteiger partial charge in [0.25, 0.3) is 5.91 Å². The fourth-order valence-corrected chi connectivity index (χ4v) is 5.89. The van der Waals surface area contributed by atoms with Gasteiger partial charge in [0.05, 0.1) is 10.7 Å². The highest BCUT2D eigenvalue weighted by molar-refractivity contribution is 7.80. The molecule has 0 aliphatic rings. The van der Waals surface area contributed by atoms with Gasteiger partial charge in [0, 0.05) is 26.2 Å². The first-order chi connectivity index (χ1) is 17.5. The van der Waals surface area contributed by atoms with Crippen molar-refractivity contribution >= 4 is 95.4 Å². The van der Waals surface area contributed by atoms with E-state index in [1.807, 2.05) is 48.5 Å². The second-order valence-electron chi connectivity index (χ2n) is 7.99. The molecular weight excluding hydrogens is 533 g/mol. The molecule has 1 amide bonds. The van der Waals surface area contributed by atoms with Crippen molar-refractivity contribution in [2.75, 3.05) is 5.32 Å². The summed E-state index contributed by atoms with van der Waals surface area (Å²) in [6, 6.07) is 24.9. The molecule has 2 aromatic heterocycles. The van der Waals surface area contributed by atoms with Gasteiger partial charge in [0.15, 0.2) is 5.11 Å². The van der Waals surface area contributed by atoms with E-state index in [0.29, 0.717) is 26.1 Å². The molecule has 0 fully saturated rings. The molecule has 176 valence electrons. The van der Waals surface area contributed by atoms with Gasteiger partial charge in [-0.1, -0.05) is 65.7 Å². The Hall–Kier alpha value is -3.56. The van der Waals surface area contributed by atoms with Crippen LogP contribution >= 0.6 is 46.8 Å². The van der Waals surface area contributed by atoms with E-state index in [9.17, 15) is 4.79 Å². The second kappa shape index (κ2) is 9.15. The van der Waals surface area contributed by atoms with Crippen molar-refractivity contribution in [2.45, 2.75) is 0 Å². The van der Waals surface area contributed by atoms with E-state index in [-0.39, 0.29) is 5.11 Å². The Morgan fingerprint density at radius 3 is 2.58 bits per heavy atom. The van der Waals surface area contributed by atoms with Gasteiger partial charge < -0.3 is 5.32 Å². The minimum absolute atomic E-state index is 0.146. The van der Waals surface area contributed by atoms with Crippen molar-refractivity contribution in [1.29, 1.82) is 0 Å². The summed E-state index contributed by atoms with van der Waals surface area (Å²) in [4.78, 5) is 14.8. The van der Waals surface area contributed by atoms with Crippen LogP contribution in [0.2, 0.25) is 10.0 Å². The number of thiocarbonyl (C=S) groups is 1. The van der Waals surface area contributed by atoms with E-state index in [0.717, 1.165) is 32.1 Å². The molecule has 2 heterocycles. The SMILES string of the molecule is O=C(NC(=S)Nc1ccc2nn(-c3cccc4ccccc34)nc2c1)c1sc2cc(Cl)ccc2c1Cl. The van der Waals surface area contributed by atoms with E-state index in [1.165, 1.54) is 11.3 Å². The van der Waals surface area contributed by atoms with Gasteiger partial charge in [-0.15, -0.1) is 26.3 Å². The lowest BCUT2D eigenvalue weighted by atomic mass is 10.1. The normalized spacial score (nSPS) is 11.3. The molecule has 0 radical (unpaired) electrons. The predicted molar refractivity (Wildman–Crippen MR) is 152 cm³/mol. The van der Waals surface area contributed by atoms with Crippen molar-refractivity contribution in [1.82, 2.24) is 20.3 Å². The lowest BCUT2D eigenvalue weighted by Crippen LogP contribution is -2.33. The average Bonchev–Trinajstić information content (AvgIpc) is 3.44. The minimum atomic E-state index is -0.391. The maximum Gasteiger partial charge on any atom is 0.269 e. The van der Waals surface area contributed by atoms with Gasteiger partial charge in [-0.05, 0) is 54.0 Å². The zero-order valence-electron chi connectivity index (χ0n) is 18.3. The van der Waals surface area contributed by atoms with Crippen LogP contribution in [0.15, 0.2) is 78.9 Å². The van der Waals surface area contributed by atoms with Gasteiger partial charge in [-0.25, -0.2) is 0 Å². The molecular formula is C26H15Cl2N5OS2. The molecule has 6 nitrogen and oxygen atoms in total. The Morgan fingerprint density at radius 1 is 0.889 bits per heavy atom. The number of hydrogen-bond donors (Lipinski definition) is 2. The van der Waals surface area contributed by atoms with Gasteiger partial charge in [0.2, 0.25) is 0 Å². The van der Waals surface area contributed by atoms with Gasteiger partial charge in [-0.3, -0.25) is 10.1 Å². The molecule has 0 aliphatic heterocycles. The summed E-state index contributed by atoms with van der Waals surface area (Å²) in [6.07, 6.45) is 0. The molecule has 36 heavy (non-hydrogen) atoms. The summed E-state index contributed by atoms with van der Waals surface area (Å²) in [5.41, 5.74) is 2.99. The summed E-state index contributed by atoms with van der Waals surface area (Å²) in [7, 11) is 0. The number of nitrogens with one attached hydrogen (secondary N) is 2. The van der Waals surface area contributed by atoms with E-state index < -0.39 is 5.91 Å². The molecule has 0 saturated carbocycles. The third-order valence-corrected chi connectivity index (χ3v) is 7.74. The highest BCUT2D eigenvalue weighted by Gasteiger charge is 2.18. The smallest absolute Gasteiger partial charge is 0.269 e. The van der Waals surface area contributed by atoms with Crippen molar-refractivity contribution in [3.8, 4) is 5.69 Å². The molecule has 2 N–H and O–H groups in total. The quantitative estimate of drug-likeness (QED) is 0.229. The van der Waals surface area contributed by atoms with Crippen molar-refractivity contribution in [3.05, 3.63) is 93.8 Å². The van der Waals surface area contributed by atoms with Crippen LogP contribution in [0.25, 0.3) is 37.6 Å². The number of halogens is 2. The number of amides is 1. The number of benzene rings is 4. The van der Waals surface area contributed by atoms with Gasteiger partial charge >= 0.3 is 0 Å². The van der Waals surface area contributed by atoms with E-state index in [1.54, 1.807) is 23.0 Å². The number of hydrogen-bond acceptors (Lipinski definition) is 5. The molecule has 4 aromatic carbocycles. The number of aromatic nitrogens is 3. The number of fused-ring (bicyclic) bond motifs is 3. The number of carbonyl (C=O) groups is 1. The van der Waals surface area contributed by atoms with Crippen LogP contribution < -0.4 is 10.6 Å². The number of thiophene rings is 1. The fourth-order valence-electron chi connectivity index (χ4n) is 3.99. The van der Waals surface area contributed by atoms with E-state index in [2.05, 4.69) is 33.0 Å². The lowest BCUT2D eigenvalue weighted by Gasteiger charge is -2.08. The molecule has 6 aromatic rings. The Kier molecular flexibility index (Phi) is 5.81. The summed E-state index contributed by atoms with van der Waals surface area (Å²) in [5, 5.41) is 19.1. The third-order valence-electron chi connectivity index (χ3n) is 5.65. The zero-order chi connectivity index (χ0) is 24.8. The third kappa shape index (κ3) is 4.18. The van der Waals surface area contributed by atoms with Crippen molar-refractivity contribution in [2.24, 2.45) is 0 Å². The number of nitrogens with zero attached hydrogens (tertiary/aromatic N) is 3. The topological polar surface area (TPSA) is 71.8 Å². The second-order valence-corrected chi connectivity index (χ2v) is 10.3. The van der Waals surface area contributed by atoms with Crippen LogP contribution in [-0.2, 0) is 0 Å². The Bertz CT molecular complexity index is 1820. The van der Waals surface area contributed by atoms with Crippen LogP contribution in [0.1, 0.15) is 9.67 Å². The molecule has 6 rings (SSSR count). The summed E-state index contributed by atoms with van der Waals surface area (Å²) in [6.45, 7) is 0. The largest absolute Gasteiger partial charge is 0.332 e. The van der Waals surface area contributed by atoms with Crippen LogP contribution in [0.4, 0.5) is 5.69 Å². The first kappa shape index (κ1) is 22.9. The Balaban J connectivity index is 1.22. The lowest BCUT2D eigenvalue weighted by molar-refractivity contribution is 0.0982. The number of carbonyl (C=O) groups excluding carboxylic acids is 1. The Labute approximate surface area is 224 Å². The number of rotatable bonds is 3. The van der Waals surface area contributed by atoms with Gasteiger partial charge in [-0.2, -0.15) is 0 Å². The van der Waals surface area contributed by atoms with Gasteiger partial charge in [0.1, 0.15) is 15.9 Å². The van der Waals surface area contributed by atoms with Crippen LogP contribution in [0, 0.1) is 0 Å². The standard InChI is InChI=1S/C26H15Cl2N5OS2/c27-15-8-10-18-22(12-15)36-24(23(18)28)25(34)30-26(35)29-16-9-11-19-20(13-16)32-33(31-19)21-7-3-5-14-4-1-2-6-17(14)21/h1-13H,(H2,29,30,34,35). The highest BCUT2D eigenvalue weighted by Crippen LogP contribution is 2.36. The zero-order valence-corrected chi connectivity index (χ0v) is 21.5. The first-order valence-corrected chi connectivity index (χ1v) is 12.8. The summed E-state index contributed by atoms with van der Waals surface area (Å²) < 4.78 is 0.830. The van der Waals surface area contributed by atoms with E-state index >= 15 is 0 Å². The van der Waals surface area contributed by atoms with Crippen LogP contribution in [0.3, 0.4) is 0 Å². The Morgan fingerprint density at radius 2 is 1.69 bits per heavy atom. The summed E-state index contributed by atoms with van der Waals surface area (Å²) in [5.74, 6) is -0.391. The molecule has 0 aliphatic carbocycles. The maximum atomic E-state index is 12.8. The van der Waals surface area contributed by atoms with Crippen molar-refractivity contribution in [3.63, 3.8) is 0 Å². The minimum Gasteiger partial charge on any atom is -0.332 e. The van der Waals surface area contributed by atoms with Crippen LogP contribution in [-0.4, -0.2) is 26.0 Å². The fraction of sp³-hybridized carbons (Fsp3) is 0. The van der Waals surface area contributed by atoms with Crippen LogP contribution in [0.5, 0.6) is 0 Å². The highest BCUT2D eigenvalue weighted by atomic mass is 35.5. The summed E-state index contributed by atoms with van der Waals surface area (Å²) >= 11 is 19.1. The molecule has 0 atom stereocenters.